The molecule has 0 saturated carbocycles. The van der Waals surface area contributed by atoms with E-state index in [1.165, 1.54) is 12.3 Å². The van der Waals surface area contributed by atoms with Crippen LogP contribution < -0.4 is 5.32 Å². The molecule has 0 radical (unpaired) electrons. The molecule has 2 aromatic rings. The van der Waals surface area contributed by atoms with Crippen molar-refractivity contribution in [2.75, 3.05) is 19.6 Å². The van der Waals surface area contributed by atoms with E-state index in [-0.39, 0.29) is 29.9 Å². The molecule has 0 spiro atoms. The van der Waals surface area contributed by atoms with Crippen molar-refractivity contribution in [2.24, 2.45) is 5.92 Å². The van der Waals surface area contributed by atoms with Crippen molar-refractivity contribution in [3.63, 3.8) is 0 Å². The lowest BCUT2D eigenvalue weighted by atomic mass is 9.89. The second-order valence-corrected chi connectivity index (χ2v) is 7.12. The van der Waals surface area contributed by atoms with Gasteiger partial charge in [-0.25, -0.2) is 0 Å². The third-order valence-electron chi connectivity index (χ3n) is 4.57. The van der Waals surface area contributed by atoms with Gasteiger partial charge in [0.1, 0.15) is 0 Å². The van der Waals surface area contributed by atoms with Crippen LogP contribution in [0.5, 0.6) is 0 Å². The van der Waals surface area contributed by atoms with Crippen LogP contribution in [0.2, 0.25) is 10.0 Å². The Morgan fingerprint density at radius 1 is 1.11 bits per heavy atom. The van der Waals surface area contributed by atoms with E-state index in [9.17, 15) is 14.4 Å². The predicted molar refractivity (Wildman–Crippen MR) is 101 cm³/mol. The molecule has 2 amide bonds. The topological polar surface area (TPSA) is 79.6 Å². The van der Waals surface area contributed by atoms with E-state index in [4.69, 9.17) is 27.6 Å². The molecule has 1 aromatic carbocycles. The molecule has 1 N–H and O–H groups in total. The van der Waals surface area contributed by atoms with Crippen molar-refractivity contribution in [3.05, 3.63) is 58.0 Å². The van der Waals surface area contributed by atoms with Crippen LogP contribution in [-0.2, 0) is 4.79 Å². The van der Waals surface area contributed by atoms with Gasteiger partial charge in [0.2, 0.25) is 5.91 Å². The molecule has 0 bridgehead atoms. The smallest absolute Gasteiger partial charge is 0.287 e. The third-order valence-corrected chi connectivity index (χ3v) is 5.31. The summed E-state index contributed by atoms with van der Waals surface area (Å²) in [4.78, 5) is 38.3. The quantitative estimate of drug-likeness (QED) is 0.768. The van der Waals surface area contributed by atoms with Gasteiger partial charge in [-0.1, -0.05) is 23.2 Å². The van der Waals surface area contributed by atoms with Crippen molar-refractivity contribution in [2.45, 2.75) is 12.8 Å². The summed E-state index contributed by atoms with van der Waals surface area (Å²) in [5.41, 5.74) is 0.528. The Labute approximate surface area is 166 Å². The summed E-state index contributed by atoms with van der Waals surface area (Å²) in [5.74, 6) is -0.613. The molecule has 1 saturated heterocycles. The molecule has 27 heavy (non-hydrogen) atoms. The number of hydrogen-bond acceptors (Lipinski definition) is 4. The fourth-order valence-electron chi connectivity index (χ4n) is 3.04. The number of nitrogens with zero attached hydrogens (tertiary/aromatic N) is 1. The lowest BCUT2D eigenvalue weighted by Crippen LogP contribution is -2.45. The van der Waals surface area contributed by atoms with E-state index < -0.39 is 5.91 Å². The number of Topliss-reactive ketones (excluding diaryl/α,β-unsaturated/α-hetero) is 1. The minimum atomic E-state index is -0.432. The number of furan rings is 1. The van der Waals surface area contributed by atoms with Gasteiger partial charge < -0.3 is 14.6 Å². The number of amides is 2. The van der Waals surface area contributed by atoms with E-state index in [0.29, 0.717) is 41.5 Å². The van der Waals surface area contributed by atoms with Gasteiger partial charge in [0.05, 0.1) is 22.9 Å². The maximum Gasteiger partial charge on any atom is 0.287 e. The molecule has 1 aliphatic heterocycles. The Morgan fingerprint density at radius 2 is 1.85 bits per heavy atom. The zero-order valence-corrected chi connectivity index (χ0v) is 15.9. The molecule has 0 atom stereocenters. The molecule has 8 heteroatoms. The Kier molecular flexibility index (Phi) is 6.19. The number of ketones is 1. The highest BCUT2D eigenvalue weighted by molar-refractivity contribution is 6.42. The minimum absolute atomic E-state index is 0.00628. The van der Waals surface area contributed by atoms with Crippen LogP contribution in [0.25, 0.3) is 0 Å². The van der Waals surface area contributed by atoms with Gasteiger partial charge in [0.15, 0.2) is 11.5 Å². The Bertz CT molecular complexity index is 843. The summed E-state index contributed by atoms with van der Waals surface area (Å²) in [6, 6.07) is 7.98. The Balaban J connectivity index is 1.49. The van der Waals surface area contributed by atoms with Gasteiger partial charge in [0.25, 0.3) is 5.91 Å². The van der Waals surface area contributed by atoms with Crippen LogP contribution in [0.15, 0.2) is 41.0 Å². The van der Waals surface area contributed by atoms with Gasteiger partial charge >= 0.3 is 0 Å². The summed E-state index contributed by atoms with van der Waals surface area (Å²) in [6.07, 6.45) is 2.53. The zero-order chi connectivity index (χ0) is 19.4. The molecule has 0 aliphatic carbocycles. The highest BCUT2D eigenvalue weighted by Gasteiger charge is 2.28. The lowest BCUT2D eigenvalue weighted by molar-refractivity contribution is -0.131. The number of nitrogens with one attached hydrogen (secondary N) is 1. The molecule has 2 heterocycles. The number of carbonyl (C=O) groups excluding carboxylic acids is 3. The first-order valence-electron chi connectivity index (χ1n) is 8.54. The largest absolute Gasteiger partial charge is 0.459 e. The summed E-state index contributed by atoms with van der Waals surface area (Å²) >= 11 is 11.9. The molecular weight excluding hydrogens is 391 g/mol. The van der Waals surface area contributed by atoms with Crippen LogP contribution in [0.3, 0.4) is 0 Å². The normalized spacial score (nSPS) is 14.8. The summed E-state index contributed by atoms with van der Waals surface area (Å²) < 4.78 is 4.98. The molecule has 142 valence electrons. The lowest BCUT2D eigenvalue weighted by Gasteiger charge is -2.31. The highest BCUT2D eigenvalue weighted by Crippen LogP contribution is 2.27. The number of piperidine rings is 1. The number of hydrogen-bond donors (Lipinski definition) is 1. The van der Waals surface area contributed by atoms with Crippen molar-refractivity contribution in [3.8, 4) is 0 Å². The first-order chi connectivity index (χ1) is 13.0. The van der Waals surface area contributed by atoms with Gasteiger partial charge in [-0.05, 0) is 43.2 Å². The number of likely N-dealkylation sites (tertiary alicyclic amines) is 1. The first kappa shape index (κ1) is 19.5. The fraction of sp³-hybridized carbons (Fsp3) is 0.316. The zero-order valence-electron chi connectivity index (χ0n) is 14.4. The molecule has 1 aromatic heterocycles. The number of carbonyl (C=O) groups is 3. The van der Waals surface area contributed by atoms with Crippen molar-refractivity contribution >= 4 is 40.8 Å². The second kappa shape index (κ2) is 8.59. The average Bonchev–Trinajstić information content (AvgIpc) is 3.22. The monoisotopic (exact) mass is 408 g/mol. The first-order valence-corrected chi connectivity index (χ1v) is 9.30. The van der Waals surface area contributed by atoms with Crippen LogP contribution in [-0.4, -0.2) is 42.1 Å². The summed E-state index contributed by atoms with van der Waals surface area (Å²) in [6.45, 7) is 0.825. The van der Waals surface area contributed by atoms with E-state index in [1.807, 2.05) is 0 Å². The van der Waals surface area contributed by atoms with E-state index >= 15 is 0 Å². The second-order valence-electron chi connectivity index (χ2n) is 6.31. The minimum Gasteiger partial charge on any atom is -0.459 e. The van der Waals surface area contributed by atoms with E-state index in [1.54, 1.807) is 29.2 Å². The van der Waals surface area contributed by atoms with Crippen molar-refractivity contribution in [1.29, 1.82) is 0 Å². The third kappa shape index (κ3) is 4.70. The molecular formula is C19H18Cl2N2O4. The van der Waals surface area contributed by atoms with Gasteiger partial charge in [0, 0.05) is 24.6 Å². The maximum atomic E-state index is 12.6. The molecule has 6 nitrogen and oxygen atoms in total. The number of halogens is 2. The van der Waals surface area contributed by atoms with Crippen molar-refractivity contribution < 1.29 is 18.8 Å². The Hall–Kier alpha value is -2.31. The average molecular weight is 409 g/mol. The van der Waals surface area contributed by atoms with Crippen LogP contribution in [0.1, 0.15) is 33.8 Å². The van der Waals surface area contributed by atoms with Gasteiger partial charge in [-0.3, -0.25) is 14.4 Å². The standard InChI is InChI=1S/C19H18Cl2N2O4/c20-14-4-3-13(10-15(14)21)18(25)12-5-7-23(8-6-12)17(24)11-22-19(26)16-2-1-9-27-16/h1-4,9-10,12H,5-8,11H2,(H,22,26). The Morgan fingerprint density at radius 3 is 2.48 bits per heavy atom. The number of rotatable bonds is 5. The molecule has 1 fully saturated rings. The van der Waals surface area contributed by atoms with Crippen molar-refractivity contribution in [1.82, 2.24) is 10.2 Å². The van der Waals surface area contributed by atoms with Crippen LogP contribution >= 0.6 is 23.2 Å². The molecule has 0 unspecified atom stereocenters. The van der Waals surface area contributed by atoms with Gasteiger partial charge in [-0.2, -0.15) is 0 Å². The summed E-state index contributed by atoms with van der Waals surface area (Å²) in [5, 5.41) is 3.29. The van der Waals surface area contributed by atoms with Gasteiger partial charge in [-0.15, -0.1) is 0 Å². The summed E-state index contributed by atoms with van der Waals surface area (Å²) in [7, 11) is 0. The van der Waals surface area contributed by atoms with Crippen LogP contribution in [0.4, 0.5) is 0 Å². The maximum absolute atomic E-state index is 12.6. The molecule has 3 rings (SSSR count). The van der Waals surface area contributed by atoms with E-state index in [0.717, 1.165) is 0 Å². The number of benzene rings is 1. The fourth-order valence-corrected chi connectivity index (χ4v) is 3.34. The predicted octanol–water partition coefficient (Wildman–Crippen LogP) is 3.44. The SMILES string of the molecule is O=C(NCC(=O)N1CCC(C(=O)c2ccc(Cl)c(Cl)c2)CC1)c1ccco1. The van der Waals surface area contributed by atoms with E-state index in [2.05, 4.69) is 5.32 Å². The highest BCUT2D eigenvalue weighted by atomic mass is 35.5. The van der Waals surface area contributed by atoms with Crippen LogP contribution in [0, 0.1) is 5.92 Å². The molecule has 1 aliphatic rings.